The Balaban J connectivity index is 3.36. The van der Waals surface area contributed by atoms with Gasteiger partial charge in [-0.2, -0.15) is 26.3 Å². The lowest BCUT2D eigenvalue weighted by Crippen LogP contribution is -2.28. The number of halogens is 6. The molecule has 0 fully saturated rings. The normalized spacial score (nSPS) is 12.4. The Labute approximate surface area is 117 Å². The molecule has 21 heavy (non-hydrogen) atoms. The van der Waals surface area contributed by atoms with Crippen molar-refractivity contribution in [1.82, 2.24) is 4.90 Å². The molecule has 0 unspecified atom stereocenters. The number of carbonyl (C=O) groups excluding carboxylic acids is 1. The van der Waals surface area contributed by atoms with E-state index >= 15 is 0 Å². The molecule has 1 aromatic carbocycles. The molecule has 0 atom stereocenters. The second-order valence-corrected chi connectivity index (χ2v) is 4.52. The summed E-state index contributed by atoms with van der Waals surface area (Å²) >= 11 is 0. The van der Waals surface area contributed by atoms with Crippen molar-refractivity contribution < 1.29 is 31.1 Å². The first kappa shape index (κ1) is 17.3. The number of benzene rings is 1. The Hall–Kier alpha value is -1.73. The van der Waals surface area contributed by atoms with Gasteiger partial charge in [-0.3, -0.25) is 4.79 Å². The Morgan fingerprint density at radius 2 is 1.43 bits per heavy atom. The van der Waals surface area contributed by atoms with Crippen molar-refractivity contribution in [2.75, 3.05) is 13.6 Å². The highest BCUT2D eigenvalue weighted by atomic mass is 19.4. The van der Waals surface area contributed by atoms with Crippen molar-refractivity contribution >= 4 is 5.91 Å². The number of amides is 1. The predicted molar refractivity (Wildman–Crippen MR) is 63.7 cm³/mol. The summed E-state index contributed by atoms with van der Waals surface area (Å²) in [4.78, 5) is 13.0. The summed E-state index contributed by atoms with van der Waals surface area (Å²) in [6.45, 7) is 1.97. The van der Waals surface area contributed by atoms with Gasteiger partial charge in [-0.1, -0.05) is 6.92 Å². The molecule has 0 aromatic heterocycles. The van der Waals surface area contributed by atoms with Crippen LogP contribution in [0.3, 0.4) is 0 Å². The molecule has 0 aliphatic heterocycles. The monoisotopic (exact) mass is 313 g/mol. The minimum Gasteiger partial charge on any atom is -0.342 e. The molecule has 1 amide bonds. The maximum atomic E-state index is 12.7. The fraction of sp³-hybridized carbons (Fsp3) is 0.462. The third-order valence-electron chi connectivity index (χ3n) is 2.74. The zero-order valence-corrected chi connectivity index (χ0v) is 11.3. The standard InChI is InChI=1S/C13H13F6NO/c1-3-4-20(2)11(21)8-5-9(12(14,15)16)7-10(6-8)13(17,18)19/h5-7H,3-4H2,1-2H3. The summed E-state index contributed by atoms with van der Waals surface area (Å²) in [5.74, 6) is -0.881. The average molecular weight is 313 g/mol. The van der Waals surface area contributed by atoms with Crippen LogP contribution in [0.25, 0.3) is 0 Å². The van der Waals surface area contributed by atoms with Crippen molar-refractivity contribution in [2.24, 2.45) is 0 Å². The first-order chi connectivity index (χ1) is 9.46. The van der Waals surface area contributed by atoms with E-state index in [4.69, 9.17) is 0 Å². The Morgan fingerprint density at radius 3 is 1.76 bits per heavy atom. The van der Waals surface area contributed by atoms with Gasteiger partial charge in [-0.25, -0.2) is 0 Å². The van der Waals surface area contributed by atoms with E-state index in [1.807, 2.05) is 0 Å². The van der Waals surface area contributed by atoms with Gasteiger partial charge in [0.05, 0.1) is 11.1 Å². The smallest absolute Gasteiger partial charge is 0.342 e. The zero-order valence-electron chi connectivity index (χ0n) is 11.3. The van der Waals surface area contributed by atoms with Crippen molar-refractivity contribution in [2.45, 2.75) is 25.7 Å². The largest absolute Gasteiger partial charge is 0.416 e. The molecule has 1 aromatic rings. The minimum absolute atomic E-state index is 0.00337. The van der Waals surface area contributed by atoms with Crippen LogP contribution in [0.5, 0.6) is 0 Å². The average Bonchev–Trinajstić information content (AvgIpc) is 2.35. The zero-order chi connectivity index (χ0) is 16.4. The molecule has 2 nitrogen and oxygen atoms in total. The van der Waals surface area contributed by atoms with Gasteiger partial charge in [-0.15, -0.1) is 0 Å². The van der Waals surface area contributed by atoms with Crippen LogP contribution in [0.2, 0.25) is 0 Å². The highest BCUT2D eigenvalue weighted by Gasteiger charge is 2.37. The van der Waals surface area contributed by atoms with Gasteiger partial charge >= 0.3 is 12.4 Å². The second-order valence-electron chi connectivity index (χ2n) is 4.52. The van der Waals surface area contributed by atoms with E-state index in [0.29, 0.717) is 18.6 Å². The van der Waals surface area contributed by atoms with Gasteiger partial charge in [-0.05, 0) is 24.6 Å². The molecule has 0 spiro atoms. The molecule has 8 heteroatoms. The van der Waals surface area contributed by atoms with Crippen LogP contribution in [-0.4, -0.2) is 24.4 Å². The molecule has 0 aliphatic carbocycles. The summed E-state index contributed by atoms with van der Waals surface area (Å²) in [5, 5.41) is 0. The van der Waals surface area contributed by atoms with Crippen LogP contribution in [0.1, 0.15) is 34.8 Å². The quantitative estimate of drug-likeness (QED) is 0.766. The summed E-state index contributed by atoms with van der Waals surface area (Å²) in [6.07, 6.45) is -9.38. The Morgan fingerprint density at radius 1 is 1.00 bits per heavy atom. The number of hydrogen-bond acceptors (Lipinski definition) is 1. The number of hydrogen-bond donors (Lipinski definition) is 0. The Kier molecular flexibility index (Phi) is 4.91. The number of nitrogens with zero attached hydrogens (tertiary/aromatic N) is 1. The molecule has 0 aliphatic rings. The van der Waals surface area contributed by atoms with Crippen LogP contribution in [0.4, 0.5) is 26.3 Å². The van der Waals surface area contributed by atoms with Crippen LogP contribution in [0, 0.1) is 0 Å². The van der Waals surface area contributed by atoms with E-state index in [0.717, 1.165) is 4.90 Å². The van der Waals surface area contributed by atoms with Gasteiger partial charge in [0.15, 0.2) is 0 Å². The molecule has 0 radical (unpaired) electrons. The van der Waals surface area contributed by atoms with E-state index in [2.05, 4.69) is 0 Å². The molecule has 0 N–H and O–H groups in total. The van der Waals surface area contributed by atoms with Gasteiger partial charge in [0.25, 0.3) is 5.91 Å². The fourth-order valence-electron chi connectivity index (χ4n) is 1.74. The number of rotatable bonds is 3. The van der Waals surface area contributed by atoms with Crippen LogP contribution in [-0.2, 0) is 12.4 Å². The van der Waals surface area contributed by atoms with Gasteiger partial charge in [0.1, 0.15) is 0 Å². The summed E-state index contributed by atoms with van der Waals surface area (Å²) in [6, 6.07) is 0.865. The Bertz CT molecular complexity index is 488. The second kappa shape index (κ2) is 5.95. The number of carbonyl (C=O) groups is 1. The highest BCUT2D eigenvalue weighted by Crippen LogP contribution is 2.36. The molecule has 0 bridgehead atoms. The molecule has 118 valence electrons. The topological polar surface area (TPSA) is 20.3 Å². The minimum atomic E-state index is -4.96. The van der Waals surface area contributed by atoms with Gasteiger partial charge in [0, 0.05) is 19.2 Å². The van der Waals surface area contributed by atoms with Crippen LogP contribution < -0.4 is 0 Å². The van der Waals surface area contributed by atoms with E-state index in [-0.39, 0.29) is 12.6 Å². The molecular formula is C13H13F6NO. The lowest BCUT2D eigenvalue weighted by Gasteiger charge is -2.18. The molecule has 0 saturated carbocycles. The van der Waals surface area contributed by atoms with E-state index in [1.54, 1.807) is 6.92 Å². The van der Waals surface area contributed by atoms with Crippen LogP contribution in [0.15, 0.2) is 18.2 Å². The van der Waals surface area contributed by atoms with Gasteiger partial charge in [0.2, 0.25) is 0 Å². The lowest BCUT2D eigenvalue weighted by molar-refractivity contribution is -0.143. The van der Waals surface area contributed by atoms with Crippen molar-refractivity contribution in [3.8, 4) is 0 Å². The molecular weight excluding hydrogens is 300 g/mol. The highest BCUT2D eigenvalue weighted by molar-refractivity contribution is 5.94. The van der Waals surface area contributed by atoms with E-state index in [1.165, 1.54) is 7.05 Å². The van der Waals surface area contributed by atoms with Crippen molar-refractivity contribution in [1.29, 1.82) is 0 Å². The summed E-state index contributed by atoms with van der Waals surface area (Å²) in [5.41, 5.74) is -3.62. The van der Waals surface area contributed by atoms with Crippen molar-refractivity contribution in [3.05, 3.63) is 34.9 Å². The molecule has 1 rings (SSSR count). The predicted octanol–water partition coefficient (Wildman–Crippen LogP) is 4.21. The first-order valence-corrected chi connectivity index (χ1v) is 6.01. The number of alkyl halides is 6. The maximum Gasteiger partial charge on any atom is 0.416 e. The van der Waals surface area contributed by atoms with Crippen LogP contribution >= 0.6 is 0 Å². The summed E-state index contributed by atoms with van der Waals surface area (Å²) < 4.78 is 75.9. The van der Waals surface area contributed by atoms with Crippen molar-refractivity contribution in [3.63, 3.8) is 0 Å². The lowest BCUT2D eigenvalue weighted by atomic mass is 10.0. The van der Waals surface area contributed by atoms with E-state index in [9.17, 15) is 31.1 Å². The maximum absolute atomic E-state index is 12.7. The summed E-state index contributed by atoms with van der Waals surface area (Å²) in [7, 11) is 1.32. The molecule has 0 heterocycles. The van der Waals surface area contributed by atoms with E-state index < -0.39 is 35.0 Å². The SMILES string of the molecule is CCCN(C)C(=O)c1cc(C(F)(F)F)cc(C(F)(F)F)c1. The third kappa shape index (κ3) is 4.37. The molecule has 0 saturated heterocycles. The fourth-order valence-corrected chi connectivity index (χ4v) is 1.74. The van der Waals surface area contributed by atoms with Gasteiger partial charge < -0.3 is 4.90 Å². The first-order valence-electron chi connectivity index (χ1n) is 6.01. The third-order valence-corrected chi connectivity index (χ3v) is 2.74.